The molecule has 0 bridgehead atoms. The Morgan fingerprint density at radius 3 is 2.53 bits per heavy atom. The van der Waals surface area contributed by atoms with Crippen molar-refractivity contribution < 1.29 is 22.4 Å². The smallest absolute Gasteiger partial charge is 0.307 e. The van der Waals surface area contributed by atoms with E-state index < -0.39 is 22.9 Å². The summed E-state index contributed by atoms with van der Waals surface area (Å²) in [5.41, 5.74) is 0.886. The average molecular weight is 470 g/mol. The Balaban J connectivity index is 1.70. The molecular weight excluding hydrogens is 450 g/mol. The fraction of sp³-hybridized carbons (Fsp3) is 0.381. The van der Waals surface area contributed by atoms with Crippen molar-refractivity contribution in [3.05, 3.63) is 58.4 Å². The molecule has 1 aromatic carbocycles. The number of alkyl halides is 3. The van der Waals surface area contributed by atoms with E-state index in [0.717, 1.165) is 10.4 Å². The molecule has 0 saturated heterocycles. The monoisotopic (exact) mass is 469 g/mol. The van der Waals surface area contributed by atoms with Gasteiger partial charge in [0.25, 0.3) is 5.91 Å². The zero-order valence-electron chi connectivity index (χ0n) is 17.3. The van der Waals surface area contributed by atoms with Crippen molar-refractivity contribution in [1.82, 2.24) is 19.6 Å². The molecule has 3 heterocycles. The molecule has 170 valence electrons. The van der Waals surface area contributed by atoms with E-state index in [-0.39, 0.29) is 23.8 Å². The van der Waals surface area contributed by atoms with Gasteiger partial charge in [-0.15, -0.1) is 0 Å². The third kappa shape index (κ3) is 3.76. The van der Waals surface area contributed by atoms with Crippen LogP contribution >= 0.6 is 11.6 Å². The Labute approximate surface area is 186 Å². The van der Waals surface area contributed by atoms with Gasteiger partial charge in [-0.05, 0) is 50.5 Å². The Hall–Kier alpha value is -2.88. The van der Waals surface area contributed by atoms with Crippen LogP contribution in [-0.4, -0.2) is 32.0 Å². The maximum Gasteiger partial charge on any atom is 0.436 e. The highest BCUT2D eigenvalue weighted by Gasteiger charge is 2.40. The number of nitrogens with zero attached hydrogens (tertiary/aromatic N) is 5. The van der Waals surface area contributed by atoms with E-state index >= 15 is 0 Å². The summed E-state index contributed by atoms with van der Waals surface area (Å²) in [5.74, 6) is -0.757. The minimum absolute atomic E-state index is 0.0819. The molecule has 0 aliphatic carbocycles. The molecule has 0 N–H and O–H groups in total. The van der Waals surface area contributed by atoms with Gasteiger partial charge < -0.3 is 4.90 Å². The summed E-state index contributed by atoms with van der Waals surface area (Å²) in [4.78, 5) is 15.0. The first-order chi connectivity index (χ1) is 15.1. The molecular formula is C21H20ClF4N5O. The number of aromatic nitrogens is 4. The van der Waals surface area contributed by atoms with Gasteiger partial charge in [0.15, 0.2) is 5.69 Å². The van der Waals surface area contributed by atoms with Crippen molar-refractivity contribution in [1.29, 1.82) is 0 Å². The molecule has 3 aromatic rings. The minimum Gasteiger partial charge on any atom is -0.307 e. The number of amides is 1. The first-order valence-corrected chi connectivity index (χ1v) is 10.5. The summed E-state index contributed by atoms with van der Waals surface area (Å²) < 4.78 is 55.8. The number of rotatable bonds is 4. The number of carbonyl (C=O) groups excluding carboxylic acids is 1. The maximum atomic E-state index is 13.5. The summed E-state index contributed by atoms with van der Waals surface area (Å²) in [6.45, 7) is 3.52. The van der Waals surface area contributed by atoms with Crippen molar-refractivity contribution in [2.24, 2.45) is 0 Å². The molecule has 6 nitrogen and oxygen atoms in total. The second-order valence-corrected chi connectivity index (χ2v) is 7.95. The summed E-state index contributed by atoms with van der Waals surface area (Å²) >= 11 is 5.89. The lowest BCUT2D eigenvalue weighted by molar-refractivity contribution is -0.141. The van der Waals surface area contributed by atoms with E-state index in [1.54, 1.807) is 29.9 Å². The van der Waals surface area contributed by atoms with Crippen molar-refractivity contribution in [2.45, 2.75) is 45.3 Å². The molecule has 0 saturated carbocycles. The van der Waals surface area contributed by atoms with Gasteiger partial charge >= 0.3 is 6.18 Å². The van der Waals surface area contributed by atoms with Gasteiger partial charge in [-0.1, -0.05) is 18.5 Å². The van der Waals surface area contributed by atoms with Crippen molar-refractivity contribution in [3.63, 3.8) is 0 Å². The van der Waals surface area contributed by atoms with Crippen LogP contribution in [0, 0.1) is 12.7 Å². The Morgan fingerprint density at radius 2 is 1.94 bits per heavy atom. The largest absolute Gasteiger partial charge is 0.436 e. The van der Waals surface area contributed by atoms with Crippen LogP contribution in [0.4, 0.5) is 23.2 Å². The zero-order valence-corrected chi connectivity index (χ0v) is 18.1. The van der Waals surface area contributed by atoms with Crippen LogP contribution in [0.5, 0.6) is 0 Å². The molecule has 0 fully saturated rings. The number of hydrogen-bond acceptors (Lipinski definition) is 3. The van der Waals surface area contributed by atoms with E-state index in [1.807, 2.05) is 0 Å². The number of hydrogen-bond donors (Lipinski definition) is 0. The van der Waals surface area contributed by atoms with Gasteiger partial charge in [0.2, 0.25) is 0 Å². The third-order valence-corrected chi connectivity index (χ3v) is 6.04. The number of halogens is 5. The zero-order chi connectivity index (χ0) is 23.2. The molecule has 32 heavy (non-hydrogen) atoms. The summed E-state index contributed by atoms with van der Waals surface area (Å²) in [6.07, 6.45) is -1.64. The van der Waals surface area contributed by atoms with Gasteiger partial charge in [-0.3, -0.25) is 9.48 Å². The normalized spacial score (nSPS) is 15.0. The van der Waals surface area contributed by atoms with E-state index in [0.29, 0.717) is 30.8 Å². The Kier molecular flexibility index (Phi) is 5.74. The molecule has 0 radical (unpaired) electrons. The predicted octanol–water partition coefficient (Wildman–Crippen LogP) is 5.12. The van der Waals surface area contributed by atoms with Crippen LogP contribution in [0.3, 0.4) is 0 Å². The number of benzene rings is 1. The van der Waals surface area contributed by atoms with Gasteiger partial charge in [-0.2, -0.15) is 23.4 Å². The molecule has 2 aromatic heterocycles. The lowest BCUT2D eigenvalue weighted by Crippen LogP contribution is -2.41. The second kappa shape index (κ2) is 8.23. The average Bonchev–Trinajstić information content (AvgIpc) is 3.31. The quantitative estimate of drug-likeness (QED) is 0.498. The molecule has 0 spiro atoms. The van der Waals surface area contributed by atoms with E-state index in [9.17, 15) is 22.4 Å². The molecule has 1 aliphatic heterocycles. The predicted molar refractivity (Wildman–Crippen MR) is 111 cm³/mol. The maximum absolute atomic E-state index is 13.5. The summed E-state index contributed by atoms with van der Waals surface area (Å²) in [7, 11) is 0. The van der Waals surface area contributed by atoms with Crippen LogP contribution in [-0.2, 0) is 17.4 Å². The molecule has 1 atom stereocenters. The van der Waals surface area contributed by atoms with Crippen molar-refractivity contribution in [3.8, 4) is 5.69 Å². The first kappa shape index (κ1) is 22.3. The lowest BCUT2D eigenvalue weighted by Gasteiger charge is -2.30. The minimum atomic E-state index is -4.72. The topological polar surface area (TPSA) is 56.0 Å². The Bertz CT molecular complexity index is 1150. The first-order valence-electron chi connectivity index (χ1n) is 10.1. The van der Waals surface area contributed by atoms with E-state index in [4.69, 9.17) is 11.6 Å². The van der Waals surface area contributed by atoms with Crippen molar-refractivity contribution >= 4 is 23.2 Å². The standard InChI is InChI=1S/C21H20ClF4N5O/c1-3-15(30-12(2)18(22)19(28-30)21(24,25)26)20(32)29-10-4-5-16-17(29)11-27-31(16)14-8-6-13(23)7-9-14/h6-9,11,15H,3-5,10H2,1-2H3/t15-/m1/s1. The molecule has 1 aliphatic rings. The highest BCUT2D eigenvalue weighted by molar-refractivity contribution is 6.32. The SMILES string of the molecule is CC[C@H](C(=O)N1CCCc2c1cnn2-c1ccc(F)cc1)n1nc(C(F)(F)F)c(Cl)c1C. The fourth-order valence-electron chi connectivity index (χ4n) is 4.00. The van der Waals surface area contributed by atoms with Gasteiger partial charge in [0.1, 0.15) is 11.9 Å². The number of anilines is 1. The summed E-state index contributed by atoms with van der Waals surface area (Å²) in [6, 6.07) is 4.87. The molecule has 1 amide bonds. The van der Waals surface area contributed by atoms with Crippen LogP contribution in [0.15, 0.2) is 30.5 Å². The van der Waals surface area contributed by atoms with Crippen LogP contribution < -0.4 is 4.90 Å². The lowest BCUT2D eigenvalue weighted by atomic mass is 10.1. The van der Waals surface area contributed by atoms with Crippen molar-refractivity contribution in [2.75, 3.05) is 11.4 Å². The van der Waals surface area contributed by atoms with Crippen LogP contribution in [0.2, 0.25) is 5.02 Å². The second-order valence-electron chi connectivity index (χ2n) is 7.57. The van der Waals surface area contributed by atoms with Gasteiger partial charge in [0.05, 0.1) is 34.0 Å². The highest BCUT2D eigenvalue weighted by atomic mass is 35.5. The summed E-state index contributed by atoms with van der Waals surface area (Å²) in [5, 5.41) is 7.50. The van der Waals surface area contributed by atoms with E-state index in [2.05, 4.69) is 10.2 Å². The fourth-order valence-corrected chi connectivity index (χ4v) is 4.23. The number of carbonyl (C=O) groups is 1. The third-order valence-electron chi connectivity index (χ3n) is 5.58. The molecule has 4 rings (SSSR count). The van der Waals surface area contributed by atoms with Gasteiger partial charge in [-0.25, -0.2) is 9.07 Å². The highest BCUT2D eigenvalue weighted by Crippen LogP contribution is 2.37. The van der Waals surface area contributed by atoms with Crippen LogP contribution in [0.1, 0.15) is 42.9 Å². The Morgan fingerprint density at radius 1 is 1.25 bits per heavy atom. The van der Waals surface area contributed by atoms with Crippen LogP contribution in [0.25, 0.3) is 5.69 Å². The molecule has 11 heteroatoms. The van der Waals surface area contributed by atoms with Gasteiger partial charge in [0, 0.05) is 6.54 Å². The number of fused-ring (bicyclic) bond motifs is 1. The van der Waals surface area contributed by atoms with E-state index in [1.165, 1.54) is 24.0 Å². The molecule has 0 unspecified atom stereocenters.